The number of pyridine rings is 1. The Kier molecular flexibility index (Phi) is 8.18. The maximum Gasteiger partial charge on any atom is 0.393 e. The summed E-state index contributed by atoms with van der Waals surface area (Å²) in [5.41, 5.74) is 0.758. The maximum absolute atomic E-state index is 14.0. The fourth-order valence-corrected chi connectivity index (χ4v) is 5.85. The summed E-state index contributed by atoms with van der Waals surface area (Å²) >= 11 is 0. The lowest BCUT2D eigenvalue weighted by Crippen LogP contribution is -2.60. The quantitative estimate of drug-likeness (QED) is 0.414. The Hall–Kier alpha value is -3.21. The fraction of sp³-hybridized carbons (Fsp3) is 0.448. The van der Waals surface area contributed by atoms with Crippen LogP contribution in [0.15, 0.2) is 54.6 Å². The Bertz CT molecular complexity index is 1280. The van der Waals surface area contributed by atoms with E-state index in [4.69, 9.17) is 0 Å². The van der Waals surface area contributed by atoms with Gasteiger partial charge < -0.3 is 5.32 Å². The van der Waals surface area contributed by atoms with Gasteiger partial charge in [0.25, 0.3) is 5.91 Å². The minimum atomic E-state index is -4.83. The van der Waals surface area contributed by atoms with E-state index in [2.05, 4.69) is 10.3 Å². The number of aryl methyl sites for hydroxylation is 3. The molecule has 1 aromatic carbocycles. The Morgan fingerprint density at radius 1 is 0.975 bits per heavy atom. The molecule has 4 rings (SSSR count). The molecule has 1 aromatic heterocycles. The molecule has 1 saturated heterocycles. The number of likely N-dealkylation sites (tertiary alicyclic amines) is 1. The normalized spacial score (nSPS) is 25.7. The lowest BCUT2D eigenvalue weighted by Gasteiger charge is -2.52. The summed E-state index contributed by atoms with van der Waals surface area (Å²) in [6, 6.07) is 6.99. The van der Waals surface area contributed by atoms with Gasteiger partial charge >= 0.3 is 12.4 Å². The Morgan fingerprint density at radius 3 is 2.12 bits per heavy atom. The number of nitrogens with one attached hydrogen (secondary N) is 1. The molecule has 1 N–H and O–H groups in total. The molecule has 1 fully saturated rings. The summed E-state index contributed by atoms with van der Waals surface area (Å²) in [4.78, 5) is 18.6. The zero-order valence-electron chi connectivity index (χ0n) is 22.2. The van der Waals surface area contributed by atoms with Crippen LogP contribution in [0.1, 0.15) is 39.3 Å². The molecule has 0 bridgehead atoms. The molecule has 1 aliphatic carbocycles. The molecule has 2 unspecified atom stereocenters. The first-order valence-electron chi connectivity index (χ1n) is 12.9. The average Bonchev–Trinajstić information content (AvgIpc) is 2.85. The van der Waals surface area contributed by atoms with Crippen LogP contribution in [0.25, 0.3) is 0 Å². The number of amides is 1. The van der Waals surface area contributed by atoms with Crippen LogP contribution in [0.3, 0.4) is 0 Å². The second-order valence-corrected chi connectivity index (χ2v) is 10.6. The first-order valence-corrected chi connectivity index (χ1v) is 12.9. The summed E-state index contributed by atoms with van der Waals surface area (Å²) in [7, 11) is 0. The summed E-state index contributed by atoms with van der Waals surface area (Å²) in [5.74, 6) is -6.16. The van der Waals surface area contributed by atoms with Crippen molar-refractivity contribution in [1.29, 1.82) is 0 Å². The summed E-state index contributed by atoms with van der Waals surface area (Å²) < 4.78 is 97.5. The number of halogens is 7. The van der Waals surface area contributed by atoms with E-state index < -0.39 is 66.9 Å². The van der Waals surface area contributed by atoms with Crippen LogP contribution in [0, 0.1) is 44.3 Å². The van der Waals surface area contributed by atoms with Gasteiger partial charge in [0.1, 0.15) is 5.82 Å². The molecular weight excluding hydrogens is 539 g/mol. The predicted molar refractivity (Wildman–Crippen MR) is 136 cm³/mol. The van der Waals surface area contributed by atoms with Gasteiger partial charge in [-0.25, -0.2) is 4.39 Å². The number of piperidine rings is 1. The van der Waals surface area contributed by atoms with Gasteiger partial charge in [-0.05, 0) is 68.7 Å². The van der Waals surface area contributed by atoms with Crippen LogP contribution in [-0.4, -0.2) is 47.8 Å². The number of hydrogen-bond donors (Lipinski definition) is 1. The smallest absolute Gasteiger partial charge is 0.351 e. The molecule has 1 amide bonds. The van der Waals surface area contributed by atoms with Gasteiger partial charge in [0, 0.05) is 42.5 Å². The molecule has 0 spiro atoms. The second kappa shape index (κ2) is 11.0. The molecule has 216 valence electrons. The van der Waals surface area contributed by atoms with Crippen molar-refractivity contribution in [1.82, 2.24) is 15.2 Å². The molecule has 40 heavy (non-hydrogen) atoms. The molecule has 1 aliphatic heterocycles. The van der Waals surface area contributed by atoms with Crippen molar-refractivity contribution in [3.63, 3.8) is 0 Å². The number of allylic oxidation sites excluding steroid dienone is 2. The van der Waals surface area contributed by atoms with E-state index in [0.717, 1.165) is 6.07 Å². The van der Waals surface area contributed by atoms with E-state index in [0.29, 0.717) is 22.5 Å². The molecule has 4 atom stereocenters. The molecule has 11 heteroatoms. The van der Waals surface area contributed by atoms with Crippen LogP contribution in [0.4, 0.5) is 30.7 Å². The van der Waals surface area contributed by atoms with E-state index in [1.54, 1.807) is 57.2 Å². The number of carbonyl (C=O) groups is 1. The van der Waals surface area contributed by atoms with Crippen LogP contribution in [0.2, 0.25) is 0 Å². The molecule has 2 aromatic rings. The SMILES string of the molecule is Cc1cc(C2(N3C[C@H](C(F)(F)F)C[C@H](C(F)(F)F)C3)C=CC=CC2CNC(=O)c2ccc(F)cc2C)cc(C)n1. The highest BCUT2D eigenvalue weighted by Gasteiger charge is 2.56. The number of benzene rings is 1. The zero-order valence-corrected chi connectivity index (χ0v) is 22.2. The lowest BCUT2D eigenvalue weighted by molar-refractivity contribution is -0.238. The van der Waals surface area contributed by atoms with Crippen LogP contribution >= 0.6 is 0 Å². The number of carbonyl (C=O) groups excluding carboxylic acids is 1. The Labute approximate surface area is 228 Å². The second-order valence-electron chi connectivity index (χ2n) is 10.6. The van der Waals surface area contributed by atoms with Crippen molar-refractivity contribution in [2.45, 2.75) is 45.1 Å². The van der Waals surface area contributed by atoms with Gasteiger partial charge in [-0.3, -0.25) is 14.7 Å². The van der Waals surface area contributed by atoms with Gasteiger partial charge in [0.05, 0.1) is 17.4 Å². The van der Waals surface area contributed by atoms with Crippen LogP contribution in [-0.2, 0) is 5.54 Å². The van der Waals surface area contributed by atoms with Crippen molar-refractivity contribution in [2.75, 3.05) is 19.6 Å². The number of aromatic nitrogens is 1. The van der Waals surface area contributed by atoms with Gasteiger partial charge in [-0.15, -0.1) is 0 Å². The predicted octanol–water partition coefficient (Wildman–Crippen LogP) is 6.58. The number of nitrogens with zero attached hydrogens (tertiary/aromatic N) is 2. The third-order valence-corrected chi connectivity index (χ3v) is 7.73. The highest BCUT2D eigenvalue weighted by molar-refractivity contribution is 5.95. The highest BCUT2D eigenvalue weighted by atomic mass is 19.4. The van der Waals surface area contributed by atoms with Crippen LogP contribution < -0.4 is 5.32 Å². The summed E-state index contributed by atoms with van der Waals surface area (Å²) in [5, 5.41) is 2.77. The van der Waals surface area contributed by atoms with Crippen molar-refractivity contribution in [3.05, 3.63) is 88.5 Å². The van der Waals surface area contributed by atoms with Gasteiger partial charge in [0.15, 0.2) is 0 Å². The first-order chi connectivity index (χ1) is 18.6. The highest BCUT2D eigenvalue weighted by Crippen LogP contribution is 2.48. The number of rotatable bonds is 5. The van der Waals surface area contributed by atoms with E-state index in [-0.39, 0.29) is 12.1 Å². The van der Waals surface area contributed by atoms with E-state index in [1.165, 1.54) is 17.0 Å². The molecule has 0 saturated carbocycles. The van der Waals surface area contributed by atoms with Crippen molar-refractivity contribution >= 4 is 5.91 Å². The van der Waals surface area contributed by atoms with Gasteiger partial charge in [-0.2, -0.15) is 26.3 Å². The monoisotopic (exact) mass is 569 g/mol. The van der Waals surface area contributed by atoms with Gasteiger partial charge in [-0.1, -0.05) is 24.3 Å². The minimum absolute atomic E-state index is 0.0965. The Morgan fingerprint density at radius 2 is 1.57 bits per heavy atom. The number of alkyl halides is 6. The van der Waals surface area contributed by atoms with E-state index >= 15 is 0 Å². The minimum Gasteiger partial charge on any atom is -0.351 e. The van der Waals surface area contributed by atoms with Gasteiger partial charge in [0.2, 0.25) is 0 Å². The topological polar surface area (TPSA) is 45.2 Å². The lowest BCUT2D eigenvalue weighted by atomic mass is 9.71. The average molecular weight is 570 g/mol. The first kappa shape index (κ1) is 29.8. The maximum atomic E-state index is 14.0. The third kappa shape index (κ3) is 6.09. The molecule has 2 heterocycles. The molecule has 2 aliphatic rings. The fourth-order valence-electron chi connectivity index (χ4n) is 5.85. The van der Waals surface area contributed by atoms with E-state index in [1.807, 2.05) is 0 Å². The zero-order chi connectivity index (χ0) is 29.5. The molecule has 4 nitrogen and oxygen atoms in total. The largest absolute Gasteiger partial charge is 0.393 e. The molecular formula is C29H30F7N3O. The summed E-state index contributed by atoms with van der Waals surface area (Å²) in [6.07, 6.45) is -4.13. The molecule has 0 radical (unpaired) electrons. The third-order valence-electron chi connectivity index (χ3n) is 7.73. The Balaban J connectivity index is 1.79. The van der Waals surface area contributed by atoms with Crippen molar-refractivity contribution < 1.29 is 35.5 Å². The van der Waals surface area contributed by atoms with Crippen molar-refractivity contribution in [3.8, 4) is 0 Å². The standard InChI is InChI=1S/C29H30F7N3O/c1-17-10-24(30)7-8-25(17)26(40)37-14-20-6-4-5-9-27(20,21-11-18(2)38-19(3)12-21)39-15-22(28(31,32)33)13-23(16-39)29(34,35)36/h4-12,20,22-23H,13-16H2,1-3H3,(H,37,40)/t20?,22-,23+,27?. The van der Waals surface area contributed by atoms with Crippen LogP contribution in [0.5, 0.6) is 0 Å². The van der Waals surface area contributed by atoms with E-state index in [9.17, 15) is 35.5 Å². The van der Waals surface area contributed by atoms with Crippen molar-refractivity contribution in [2.24, 2.45) is 17.8 Å². The summed E-state index contributed by atoms with van der Waals surface area (Å²) in [6.45, 7) is 3.59. The number of hydrogen-bond acceptors (Lipinski definition) is 3.